The molecule has 3 heteroatoms. The third-order valence-electron chi connectivity index (χ3n) is 0.341. The zero-order valence-electron chi connectivity index (χ0n) is 3.61. The van der Waals surface area contributed by atoms with Crippen molar-refractivity contribution in [1.29, 1.82) is 0 Å². The van der Waals surface area contributed by atoms with Crippen molar-refractivity contribution in [3.8, 4) is 0 Å². The summed E-state index contributed by atoms with van der Waals surface area (Å²) < 4.78 is 0. The molecule has 0 spiro atoms. The van der Waals surface area contributed by atoms with Crippen molar-refractivity contribution in [2.24, 2.45) is 5.73 Å². The van der Waals surface area contributed by atoms with Gasteiger partial charge >= 0.3 is 0 Å². The van der Waals surface area contributed by atoms with Crippen LogP contribution in [0.2, 0.25) is 0 Å². The Labute approximate surface area is 53.2 Å². The summed E-state index contributed by atoms with van der Waals surface area (Å²) in [7, 11) is 0. The first kappa shape index (κ1) is 9.83. The molecule has 0 aromatic carbocycles. The van der Waals surface area contributed by atoms with Crippen LogP contribution < -0.4 is 5.73 Å². The van der Waals surface area contributed by atoms with Gasteiger partial charge in [-0.15, -0.1) is 0 Å². The van der Waals surface area contributed by atoms with Gasteiger partial charge in [-0.1, -0.05) is 0 Å². The van der Waals surface area contributed by atoms with Gasteiger partial charge in [0, 0.05) is 28.9 Å². The maximum atomic E-state index is 8.24. The first-order valence-electron chi connectivity index (χ1n) is 1.65. The van der Waals surface area contributed by atoms with Crippen LogP contribution in [0.5, 0.6) is 0 Å². The van der Waals surface area contributed by atoms with Crippen molar-refractivity contribution in [2.45, 2.75) is 13.0 Å². The quantitative estimate of drug-likeness (QED) is 0.621. The van der Waals surface area contributed by atoms with Crippen molar-refractivity contribution < 1.29 is 27.5 Å². The van der Waals surface area contributed by atoms with Crippen molar-refractivity contribution in [3.05, 3.63) is 0 Å². The van der Waals surface area contributed by atoms with Crippen LogP contribution in [0, 0.1) is 0 Å². The summed E-state index contributed by atoms with van der Waals surface area (Å²) >= 11 is 0. The van der Waals surface area contributed by atoms with E-state index in [-0.39, 0.29) is 28.5 Å². The molecule has 0 aromatic heterocycles. The van der Waals surface area contributed by atoms with Crippen LogP contribution >= 0.6 is 0 Å². The van der Waals surface area contributed by atoms with E-state index in [4.69, 9.17) is 10.8 Å². The van der Waals surface area contributed by atoms with Gasteiger partial charge in [0.15, 0.2) is 0 Å². The molecular weight excluding hydrogens is 263 g/mol. The summed E-state index contributed by atoms with van der Waals surface area (Å²) in [6, 6.07) is 0. The number of hydrogen-bond acceptors (Lipinski definition) is 2. The molecular formula is C3H9AuNO. The zero-order valence-corrected chi connectivity index (χ0v) is 5.78. The van der Waals surface area contributed by atoms with Crippen molar-refractivity contribution in [3.63, 3.8) is 0 Å². The number of aliphatic hydroxyl groups excluding tert-OH is 1. The third-order valence-corrected chi connectivity index (χ3v) is 0.341. The van der Waals surface area contributed by atoms with Gasteiger partial charge in [0.1, 0.15) is 0 Å². The molecule has 0 aromatic rings. The van der Waals surface area contributed by atoms with Crippen molar-refractivity contribution in [1.82, 2.24) is 0 Å². The normalized spacial score (nSPS) is 12.5. The largest absolute Gasteiger partial charge is 0.392 e. The van der Waals surface area contributed by atoms with E-state index in [1.807, 2.05) is 0 Å². The van der Waals surface area contributed by atoms with Gasteiger partial charge in [-0.05, 0) is 6.92 Å². The monoisotopic (exact) mass is 272 g/mol. The Hall–Kier alpha value is 0.660. The van der Waals surface area contributed by atoms with Gasteiger partial charge in [-0.2, -0.15) is 0 Å². The molecule has 0 heterocycles. The van der Waals surface area contributed by atoms with E-state index >= 15 is 0 Å². The first-order chi connectivity index (χ1) is 2.27. The Morgan fingerprint density at radius 2 is 2.00 bits per heavy atom. The SMILES string of the molecule is CC(O)CN.[Au]. The van der Waals surface area contributed by atoms with E-state index in [9.17, 15) is 0 Å². The van der Waals surface area contributed by atoms with Crippen LogP contribution in [0.4, 0.5) is 0 Å². The topological polar surface area (TPSA) is 46.2 Å². The molecule has 0 aliphatic heterocycles. The second kappa shape index (κ2) is 5.66. The van der Waals surface area contributed by atoms with E-state index in [2.05, 4.69) is 0 Å². The summed E-state index contributed by atoms with van der Waals surface area (Å²) in [4.78, 5) is 0. The minimum absolute atomic E-state index is 0. The van der Waals surface area contributed by atoms with Gasteiger partial charge in [-0.3, -0.25) is 0 Å². The average Bonchev–Trinajstić information content (AvgIpc) is 1.38. The van der Waals surface area contributed by atoms with Gasteiger partial charge < -0.3 is 10.8 Å². The molecule has 0 saturated heterocycles. The number of rotatable bonds is 1. The second-order valence-corrected chi connectivity index (χ2v) is 1.08. The minimum Gasteiger partial charge on any atom is -0.392 e. The van der Waals surface area contributed by atoms with Crippen LogP contribution in [0.3, 0.4) is 0 Å². The standard InChI is InChI=1S/C3H9NO.Au/c1-3(5)2-4;/h3,5H,2,4H2,1H3;. The molecule has 0 aliphatic carbocycles. The van der Waals surface area contributed by atoms with Crippen LogP contribution in [-0.2, 0) is 22.4 Å². The fourth-order valence-electron chi connectivity index (χ4n) is 0. The Kier molecular flexibility index (Phi) is 9.27. The van der Waals surface area contributed by atoms with Crippen LogP contribution in [0.15, 0.2) is 0 Å². The summed E-state index contributed by atoms with van der Waals surface area (Å²) in [6.45, 7) is 2.01. The predicted octanol–water partition coefficient (Wildman–Crippen LogP) is -0.677. The molecule has 0 rings (SSSR count). The molecule has 1 atom stereocenters. The zero-order chi connectivity index (χ0) is 4.28. The van der Waals surface area contributed by atoms with Gasteiger partial charge in [0.2, 0.25) is 0 Å². The maximum Gasteiger partial charge on any atom is 0.0634 e. The molecule has 1 unspecified atom stereocenters. The molecule has 1 radical (unpaired) electrons. The maximum absolute atomic E-state index is 8.24. The second-order valence-electron chi connectivity index (χ2n) is 1.08. The number of hydrogen-bond donors (Lipinski definition) is 2. The minimum atomic E-state index is -0.338. The van der Waals surface area contributed by atoms with E-state index in [1.54, 1.807) is 6.92 Å². The van der Waals surface area contributed by atoms with Gasteiger partial charge in [-0.25, -0.2) is 0 Å². The van der Waals surface area contributed by atoms with Crippen LogP contribution in [-0.4, -0.2) is 17.8 Å². The van der Waals surface area contributed by atoms with Gasteiger partial charge in [0.05, 0.1) is 6.10 Å². The van der Waals surface area contributed by atoms with E-state index in [0.29, 0.717) is 6.54 Å². The summed E-state index contributed by atoms with van der Waals surface area (Å²) in [6.07, 6.45) is -0.338. The molecule has 2 nitrogen and oxygen atoms in total. The molecule has 0 amide bonds. The predicted molar refractivity (Wildman–Crippen MR) is 20.7 cm³/mol. The molecule has 6 heavy (non-hydrogen) atoms. The van der Waals surface area contributed by atoms with Crippen molar-refractivity contribution >= 4 is 0 Å². The summed E-state index contributed by atoms with van der Waals surface area (Å²) in [5.74, 6) is 0. The molecule has 43 valence electrons. The third kappa shape index (κ3) is 8.82. The number of nitrogens with two attached hydrogens (primary N) is 1. The van der Waals surface area contributed by atoms with Gasteiger partial charge in [0.25, 0.3) is 0 Å². The molecule has 0 aliphatic rings. The average molecular weight is 272 g/mol. The Bertz CT molecular complexity index is 24.8. The summed E-state index contributed by atoms with van der Waals surface area (Å²) in [5, 5.41) is 8.24. The van der Waals surface area contributed by atoms with Crippen LogP contribution in [0.1, 0.15) is 6.92 Å². The molecule has 0 fully saturated rings. The Morgan fingerprint density at radius 1 is 1.83 bits per heavy atom. The fourth-order valence-corrected chi connectivity index (χ4v) is 0. The number of aliphatic hydroxyl groups is 1. The Morgan fingerprint density at radius 3 is 2.00 bits per heavy atom. The molecule has 3 N–H and O–H groups in total. The van der Waals surface area contributed by atoms with Crippen LogP contribution in [0.25, 0.3) is 0 Å². The van der Waals surface area contributed by atoms with E-state index in [0.717, 1.165) is 0 Å². The smallest absolute Gasteiger partial charge is 0.0634 e. The first-order valence-corrected chi connectivity index (χ1v) is 1.65. The van der Waals surface area contributed by atoms with E-state index in [1.165, 1.54) is 0 Å². The fraction of sp³-hybridized carbons (Fsp3) is 1.00. The summed E-state index contributed by atoms with van der Waals surface area (Å²) in [5.41, 5.74) is 4.92. The Balaban J connectivity index is 0. The molecule has 0 saturated carbocycles. The van der Waals surface area contributed by atoms with E-state index < -0.39 is 0 Å². The van der Waals surface area contributed by atoms with Crippen molar-refractivity contribution in [2.75, 3.05) is 6.54 Å². The molecule has 0 bridgehead atoms.